The topological polar surface area (TPSA) is 121 Å². The molecule has 0 bridgehead atoms. The van der Waals surface area contributed by atoms with E-state index in [-0.39, 0.29) is 28.5 Å². The molecule has 1 aromatic heterocycles. The summed E-state index contributed by atoms with van der Waals surface area (Å²) in [5.74, 6) is 5.94. The van der Waals surface area contributed by atoms with Crippen LogP contribution < -0.4 is 16.1 Å². The van der Waals surface area contributed by atoms with Gasteiger partial charge in [-0.3, -0.25) is 14.4 Å². The van der Waals surface area contributed by atoms with E-state index in [1.807, 2.05) is 17.8 Å². The molecule has 1 aromatic carbocycles. The lowest BCUT2D eigenvalue weighted by molar-refractivity contribution is -0.124. The van der Waals surface area contributed by atoms with Gasteiger partial charge in [-0.25, -0.2) is 5.90 Å². The molecule has 5 N–H and O–H groups in total. The third-order valence-corrected chi connectivity index (χ3v) is 8.93. The van der Waals surface area contributed by atoms with Crippen LogP contribution in [0.25, 0.3) is 10.9 Å². The summed E-state index contributed by atoms with van der Waals surface area (Å²) in [7, 11) is 0. The van der Waals surface area contributed by atoms with Crippen LogP contribution in [0.5, 0.6) is 5.75 Å². The first kappa shape index (κ1) is 34.3. The number of aromatic hydroxyl groups is 1. The molecule has 1 aliphatic rings. The highest BCUT2D eigenvalue weighted by molar-refractivity contribution is 8.00. The average molecular weight is 603 g/mol. The Bertz CT molecular complexity index is 1170. The Morgan fingerprint density at radius 2 is 1.74 bits per heavy atom. The lowest BCUT2D eigenvalue weighted by Crippen LogP contribution is -2.35. The number of anilines is 1. The number of piperidine rings is 1. The van der Waals surface area contributed by atoms with E-state index in [0.29, 0.717) is 31.1 Å². The van der Waals surface area contributed by atoms with Crippen molar-refractivity contribution in [3.63, 3.8) is 0 Å². The van der Waals surface area contributed by atoms with E-state index < -0.39 is 0 Å². The lowest BCUT2D eigenvalue weighted by atomic mass is 9.88. The van der Waals surface area contributed by atoms with Crippen LogP contribution in [-0.4, -0.2) is 52.8 Å². The summed E-state index contributed by atoms with van der Waals surface area (Å²) in [5.41, 5.74) is 3.46. The van der Waals surface area contributed by atoms with Crippen molar-refractivity contribution < 1.29 is 19.5 Å². The molecule has 2 aromatic rings. The third-order valence-electron chi connectivity index (χ3n) is 7.77. The maximum atomic E-state index is 12.3. The molecule has 2 heterocycles. The smallest absolute Gasteiger partial charge is 0.219 e. The van der Waals surface area contributed by atoms with Crippen LogP contribution in [0.4, 0.5) is 5.69 Å². The number of aromatic amines is 1. The predicted octanol–water partition coefficient (Wildman–Crippen LogP) is 6.88. The molecule has 1 amide bonds. The number of nitrogens with one attached hydrogen (secondary N) is 2. The summed E-state index contributed by atoms with van der Waals surface area (Å²) >= 11 is 1.87. The van der Waals surface area contributed by atoms with Crippen molar-refractivity contribution in [2.45, 2.75) is 116 Å². The van der Waals surface area contributed by atoms with Crippen LogP contribution in [0.2, 0.25) is 0 Å². The molecule has 0 aliphatic carbocycles. The van der Waals surface area contributed by atoms with Gasteiger partial charge < -0.3 is 20.3 Å². The first-order valence-electron chi connectivity index (χ1n) is 15.7. The van der Waals surface area contributed by atoms with Crippen LogP contribution in [0.1, 0.15) is 105 Å². The number of hydrogen-bond donors (Lipinski definition) is 4. The Balaban J connectivity index is 1.50. The van der Waals surface area contributed by atoms with Gasteiger partial charge in [0.05, 0.1) is 10.5 Å². The zero-order chi connectivity index (χ0) is 30.9. The molecule has 0 spiro atoms. The van der Waals surface area contributed by atoms with Crippen molar-refractivity contribution in [2.75, 3.05) is 31.1 Å². The van der Waals surface area contributed by atoms with Gasteiger partial charge in [-0.15, -0.1) is 11.8 Å². The number of benzene rings is 1. The standard InChI is InChI=1S/C33H54N4O4S/c1-32(2,3)21-26-25-13-14-27(39)30(29(25)36-31(26)42-33(4,5)6)37-19-16-23(17-20-37)15-18-35-28(40)12-10-8-7-9-11-24(38)22-41-34/h13-14,23,36,39H,7-12,15-22,34H2,1-6H3,(H,35,40). The first-order chi connectivity index (χ1) is 19.8. The van der Waals surface area contributed by atoms with E-state index in [4.69, 9.17) is 5.90 Å². The second-order valence-electron chi connectivity index (χ2n) is 14.1. The van der Waals surface area contributed by atoms with E-state index >= 15 is 0 Å². The summed E-state index contributed by atoms with van der Waals surface area (Å²) in [4.78, 5) is 34.1. The number of nitrogens with zero attached hydrogens (tertiary/aromatic N) is 1. The number of carbonyl (C=O) groups excluding carboxylic acids is 2. The van der Waals surface area contributed by atoms with E-state index in [2.05, 4.69) is 67.6 Å². The van der Waals surface area contributed by atoms with Crippen molar-refractivity contribution in [1.82, 2.24) is 10.3 Å². The van der Waals surface area contributed by atoms with E-state index in [0.717, 1.165) is 75.7 Å². The number of hydrogen-bond acceptors (Lipinski definition) is 7. The predicted molar refractivity (Wildman–Crippen MR) is 174 cm³/mol. The SMILES string of the molecule is CC(C)(C)Cc1c(SC(C)(C)C)[nH]c2c(N3CCC(CCNC(=O)CCCCCCC(=O)CON)CC3)c(O)ccc12. The lowest BCUT2D eigenvalue weighted by Gasteiger charge is -2.34. The summed E-state index contributed by atoms with van der Waals surface area (Å²) < 4.78 is 0.0751. The number of unbranched alkanes of at least 4 members (excludes halogenated alkanes) is 3. The van der Waals surface area contributed by atoms with Gasteiger partial charge >= 0.3 is 0 Å². The van der Waals surface area contributed by atoms with Crippen molar-refractivity contribution in [3.8, 4) is 5.75 Å². The molecule has 1 aliphatic heterocycles. The molecule has 1 fully saturated rings. The van der Waals surface area contributed by atoms with Gasteiger partial charge in [0.25, 0.3) is 0 Å². The quantitative estimate of drug-likeness (QED) is 0.0997. The molecule has 0 saturated carbocycles. The molecule has 236 valence electrons. The Morgan fingerprint density at radius 1 is 1.07 bits per heavy atom. The summed E-state index contributed by atoms with van der Waals surface area (Å²) in [6.45, 7) is 16.0. The molecule has 3 rings (SSSR count). The molecule has 0 unspecified atom stereocenters. The first-order valence-corrected chi connectivity index (χ1v) is 16.5. The largest absolute Gasteiger partial charge is 0.506 e. The minimum absolute atomic E-state index is 0.0220. The van der Waals surface area contributed by atoms with Gasteiger partial charge in [0, 0.05) is 42.6 Å². The van der Waals surface area contributed by atoms with Gasteiger partial charge in [-0.1, -0.05) is 54.4 Å². The highest BCUT2D eigenvalue weighted by Gasteiger charge is 2.28. The number of Topliss-reactive ketones (excluding diaryl/α,β-unsaturated/α-hetero) is 1. The number of rotatable bonds is 15. The molecule has 1 saturated heterocycles. The molecular formula is C33H54N4O4S. The maximum Gasteiger partial charge on any atom is 0.219 e. The maximum absolute atomic E-state index is 12.3. The van der Waals surface area contributed by atoms with Crippen molar-refractivity contribution >= 4 is 40.0 Å². The molecule has 0 atom stereocenters. The van der Waals surface area contributed by atoms with Crippen LogP contribution >= 0.6 is 11.8 Å². The minimum atomic E-state index is -0.0247. The number of thioether (sulfide) groups is 1. The number of nitrogens with two attached hydrogens (primary N) is 1. The Morgan fingerprint density at radius 3 is 2.36 bits per heavy atom. The second kappa shape index (κ2) is 15.5. The van der Waals surface area contributed by atoms with Crippen LogP contribution in [-0.2, 0) is 20.8 Å². The number of amides is 1. The number of H-pyrrole nitrogens is 1. The summed E-state index contributed by atoms with van der Waals surface area (Å²) in [6.07, 6.45) is 8.57. The molecule has 8 nitrogen and oxygen atoms in total. The van der Waals surface area contributed by atoms with Gasteiger partial charge in [-0.05, 0) is 67.6 Å². The highest BCUT2D eigenvalue weighted by atomic mass is 32.2. The third kappa shape index (κ3) is 10.8. The van der Waals surface area contributed by atoms with Crippen molar-refractivity contribution in [1.29, 1.82) is 0 Å². The van der Waals surface area contributed by atoms with Crippen LogP contribution in [0.15, 0.2) is 17.2 Å². The zero-order valence-electron chi connectivity index (χ0n) is 26.7. The Labute approximate surface area is 256 Å². The normalized spacial score (nSPS) is 15.0. The van der Waals surface area contributed by atoms with Gasteiger partial charge in [-0.2, -0.15) is 0 Å². The van der Waals surface area contributed by atoms with E-state index in [1.54, 1.807) is 0 Å². The summed E-state index contributed by atoms with van der Waals surface area (Å²) in [6, 6.07) is 3.94. The molecule has 9 heteroatoms. The fourth-order valence-corrected chi connectivity index (χ4v) is 6.84. The van der Waals surface area contributed by atoms with Crippen molar-refractivity contribution in [2.24, 2.45) is 17.2 Å². The zero-order valence-corrected chi connectivity index (χ0v) is 27.6. The van der Waals surface area contributed by atoms with Crippen LogP contribution in [0.3, 0.4) is 0 Å². The van der Waals surface area contributed by atoms with Gasteiger partial charge in [0.1, 0.15) is 18.0 Å². The van der Waals surface area contributed by atoms with Crippen molar-refractivity contribution in [3.05, 3.63) is 17.7 Å². The molecule has 0 radical (unpaired) electrons. The fraction of sp³-hybridized carbons (Fsp3) is 0.697. The molecule has 42 heavy (non-hydrogen) atoms. The van der Waals surface area contributed by atoms with Gasteiger partial charge in [0.15, 0.2) is 5.78 Å². The Hall–Kier alpha value is -2.23. The number of phenolic OH excluding ortho intramolecular Hbond substituents is 1. The average Bonchev–Trinajstić information content (AvgIpc) is 3.20. The van der Waals surface area contributed by atoms with Gasteiger partial charge in [0.2, 0.25) is 5.91 Å². The Kier molecular flexibility index (Phi) is 12.6. The number of carbonyl (C=O) groups is 2. The second-order valence-corrected chi connectivity index (χ2v) is 15.9. The molecular weight excluding hydrogens is 548 g/mol. The van der Waals surface area contributed by atoms with E-state index in [9.17, 15) is 14.7 Å². The fourth-order valence-electron chi connectivity index (χ4n) is 5.76. The monoisotopic (exact) mass is 602 g/mol. The summed E-state index contributed by atoms with van der Waals surface area (Å²) in [5, 5.41) is 16.5. The minimum Gasteiger partial charge on any atom is -0.506 e. The highest BCUT2D eigenvalue weighted by Crippen LogP contribution is 2.45. The number of aromatic nitrogens is 1. The van der Waals surface area contributed by atoms with Crippen LogP contribution in [0, 0.1) is 11.3 Å². The number of fused-ring (bicyclic) bond motifs is 1. The number of phenols is 1. The van der Waals surface area contributed by atoms with E-state index in [1.165, 1.54) is 16.0 Å². The number of ketones is 1.